The molecule has 4 nitrogen and oxygen atoms in total. The number of rotatable bonds is 2. The Morgan fingerprint density at radius 1 is 1.50 bits per heavy atom. The second-order valence-corrected chi connectivity index (χ2v) is 3.12. The van der Waals surface area contributed by atoms with E-state index < -0.39 is 5.97 Å². The van der Waals surface area contributed by atoms with Crippen LogP contribution < -0.4 is 10.5 Å². The number of ether oxygens (including phenoxy) is 1. The molecule has 0 radical (unpaired) electrons. The van der Waals surface area contributed by atoms with Crippen LogP contribution in [0.3, 0.4) is 0 Å². The Morgan fingerprint density at radius 2 is 2.07 bits per heavy atom. The molecule has 0 heterocycles. The highest BCUT2D eigenvalue weighted by Crippen LogP contribution is 2.31. The number of carbonyl (C=O) groups is 1. The van der Waals surface area contributed by atoms with Gasteiger partial charge in [0.25, 0.3) is 0 Å². The molecule has 0 aliphatic heterocycles. The smallest absolute Gasteiger partial charge is 0.339 e. The first-order valence-electron chi connectivity index (χ1n) is 4.16. The molecule has 14 heavy (non-hydrogen) atoms. The van der Waals surface area contributed by atoms with E-state index in [9.17, 15) is 4.79 Å². The molecule has 0 saturated heterocycles. The van der Waals surface area contributed by atoms with Gasteiger partial charge in [-0.25, -0.2) is 4.79 Å². The summed E-state index contributed by atoms with van der Waals surface area (Å²) >= 11 is 0. The van der Waals surface area contributed by atoms with E-state index in [0.29, 0.717) is 5.69 Å². The van der Waals surface area contributed by atoms with Gasteiger partial charge in [0, 0.05) is 0 Å². The quantitative estimate of drug-likeness (QED) is 0.703. The fourth-order valence-electron chi connectivity index (χ4n) is 1.30. The Morgan fingerprint density at radius 3 is 2.50 bits per heavy atom. The Kier molecular flexibility index (Phi) is 2.65. The summed E-state index contributed by atoms with van der Waals surface area (Å²) < 4.78 is 4.97. The maximum atomic E-state index is 10.9. The minimum atomic E-state index is -1.03. The maximum absolute atomic E-state index is 10.9. The molecule has 0 aliphatic carbocycles. The molecule has 0 atom stereocenters. The molecule has 76 valence electrons. The van der Waals surface area contributed by atoms with Crippen LogP contribution in [-0.2, 0) is 0 Å². The number of aryl methyl sites for hydroxylation is 1. The third-order valence-electron chi connectivity index (χ3n) is 2.28. The molecule has 4 heteroatoms. The van der Waals surface area contributed by atoms with E-state index in [2.05, 4.69) is 0 Å². The third kappa shape index (κ3) is 1.51. The molecule has 0 spiro atoms. The lowest BCUT2D eigenvalue weighted by Crippen LogP contribution is -2.06. The molecule has 0 unspecified atom stereocenters. The average Bonchev–Trinajstić information content (AvgIpc) is 2.13. The van der Waals surface area contributed by atoms with E-state index in [-0.39, 0.29) is 11.3 Å². The highest BCUT2D eigenvalue weighted by molar-refractivity contribution is 5.94. The van der Waals surface area contributed by atoms with Gasteiger partial charge in [0.1, 0.15) is 5.56 Å². The molecule has 0 amide bonds. The van der Waals surface area contributed by atoms with Crippen LogP contribution in [0, 0.1) is 13.8 Å². The van der Waals surface area contributed by atoms with Crippen LogP contribution in [0.2, 0.25) is 0 Å². The number of hydrogen-bond acceptors (Lipinski definition) is 3. The number of nitrogens with two attached hydrogens (primary N) is 1. The molecule has 0 bridgehead atoms. The topological polar surface area (TPSA) is 72.5 Å². The number of aromatic carboxylic acids is 1. The van der Waals surface area contributed by atoms with Gasteiger partial charge in [-0.05, 0) is 31.0 Å². The lowest BCUT2D eigenvalue weighted by atomic mass is 10.0. The number of benzene rings is 1. The lowest BCUT2D eigenvalue weighted by Gasteiger charge is -2.12. The van der Waals surface area contributed by atoms with Gasteiger partial charge in [0.15, 0.2) is 5.75 Å². The van der Waals surface area contributed by atoms with Crippen molar-refractivity contribution in [3.05, 3.63) is 22.8 Å². The summed E-state index contributed by atoms with van der Waals surface area (Å²) in [6, 6.07) is 1.56. The molecule has 0 saturated carbocycles. The van der Waals surface area contributed by atoms with Gasteiger partial charge in [-0.15, -0.1) is 0 Å². The van der Waals surface area contributed by atoms with Crippen LogP contribution in [0.25, 0.3) is 0 Å². The third-order valence-corrected chi connectivity index (χ3v) is 2.28. The normalized spacial score (nSPS) is 9.93. The van der Waals surface area contributed by atoms with E-state index in [4.69, 9.17) is 15.6 Å². The molecule has 0 aromatic heterocycles. The number of carboxylic acids is 1. The van der Waals surface area contributed by atoms with Crippen molar-refractivity contribution < 1.29 is 14.6 Å². The number of carboxylic acid groups (broad SMARTS) is 1. The number of methoxy groups -OCH3 is 1. The van der Waals surface area contributed by atoms with Crippen molar-refractivity contribution in [2.45, 2.75) is 13.8 Å². The standard InChI is InChI=1S/C10H13NO3/c1-5-4-7(10(12)13)9(14-3)8(11)6(5)2/h4H,11H2,1-3H3,(H,12,13). The summed E-state index contributed by atoms with van der Waals surface area (Å²) in [7, 11) is 1.41. The van der Waals surface area contributed by atoms with Crippen LogP contribution in [0.15, 0.2) is 6.07 Å². The Bertz CT molecular complexity index is 385. The van der Waals surface area contributed by atoms with Crippen molar-refractivity contribution >= 4 is 11.7 Å². The minimum absolute atomic E-state index is 0.105. The van der Waals surface area contributed by atoms with E-state index in [1.165, 1.54) is 7.11 Å². The van der Waals surface area contributed by atoms with Gasteiger partial charge < -0.3 is 15.6 Å². The fraction of sp³-hybridized carbons (Fsp3) is 0.300. The number of anilines is 1. The Hall–Kier alpha value is -1.71. The van der Waals surface area contributed by atoms with Crippen molar-refractivity contribution in [3.63, 3.8) is 0 Å². The zero-order valence-electron chi connectivity index (χ0n) is 8.42. The van der Waals surface area contributed by atoms with Crippen LogP contribution in [0.5, 0.6) is 5.75 Å². The van der Waals surface area contributed by atoms with Crippen molar-refractivity contribution in [1.82, 2.24) is 0 Å². The van der Waals surface area contributed by atoms with Crippen molar-refractivity contribution in [1.29, 1.82) is 0 Å². The van der Waals surface area contributed by atoms with Gasteiger partial charge in [-0.3, -0.25) is 0 Å². The van der Waals surface area contributed by atoms with E-state index >= 15 is 0 Å². The predicted molar refractivity (Wildman–Crippen MR) is 53.8 cm³/mol. The molecule has 3 N–H and O–H groups in total. The van der Waals surface area contributed by atoms with Crippen LogP contribution in [0.4, 0.5) is 5.69 Å². The maximum Gasteiger partial charge on any atom is 0.339 e. The van der Waals surface area contributed by atoms with Gasteiger partial charge in [-0.1, -0.05) is 0 Å². The molecular weight excluding hydrogens is 182 g/mol. The molecular formula is C10H13NO3. The van der Waals surface area contributed by atoms with E-state index in [1.54, 1.807) is 6.07 Å². The monoisotopic (exact) mass is 195 g/mol. The van der Waals surface area contributed by atoms with Crippen LogP contribution in [0.1, 0.15) is 21.5 Å². The first-order chi connectivity index (χ1) is 6.49. The summed E-state index contributed by atoms with van der Waals surface area (Å²) in [6.45, 7) is 3.65. The van der Waals surface area contributed by atoms with E-state index in [1.807, 2.05) is 13.8 Å². The van der Waals surface area contributed by atoms with Gasteiger partial charge in [0.05, 0.1) is 12.8 Å². The van der Waals surface area contributed by atoms with E-state index in [0.717, 1.165) is 11.1 Å². The first-order valence-corrected chi connectivity index (χ1v) is 4.16. The van der Waals surface area contributed by atoms with Gasteiger partial charge in [0.2, 0.25) is 0 Å². The van der Waals surface area contributed by atoms with Crippen molar-refractivity contribution in [3.8, 4) is 5.75 Å². The highest BCUT2D eigenvalue weighted by atomic mass is 16.5. The SMILES string of the molecule is COc1c(C(=O)O)cc(C)c(C)c1N. The van der Waals surface area contributed by atoms with Crippen molar-refractivity contribution in [2.24, 2.45) is 0 Å². The fourth-order valence-corrected chi connectivity index (χ4v) is 1.30. The Labute approximate surface area is 82.3 Å². The van der Waals surface area contributed by atoms with Crippen LogP contribution >= 0.6 is 0 Å². The number of hydrogen-bond donors (Lipinski definition) is 2. The summed E-state index contributed by atoms with van der Waals surface area (Å²) in [5, 5.41) is 8.90. The summed E-state index contributed by atoms with van der Waals surface area (Å²) in [4.78, 5) is 10.9. The van der Waals surface area contributed by atoms with Crippen molar-refractivity contribution in [2.75, 3.05) is 12.8 Å². The summed E-state index contributed by atoms with van der Waals surface area (Å²) in [5.74, 6) is -0.794. The summed E-state index contributed by atoms with van der Waals surface area (Å²) in [5.41, 5.74) is 7.94. The van der Waals surface area contributed by atoms with Crippen LogP contribution in [-0.4, -0.2) is 18.2 Å². The number of nitrogen functional groups attached to an aromatic ring is 1. The minimum Gasteiger partial charge on any atom is -0.494 e. The first kappa shape index (κ1) is 10.4. The molecule has 1 aromatic rings. The Balaban J connectivity index is 3.51. The molecule has 0 aliphatic rings. The predicted octanol–water partition coefficient (Wildman–Crippen LogP) is 1.59. The second kappa shape index (κ2) is 3.57. The average molecular weight is 195 g/mol. The lowest BCUT2D eigenvalue weighted by molar-refractivity contribution is 0.0693. The molecule has 0 fully saturated rings. The molecule has 1 rings (SSSR count). The highest BCUT2D eigenvalue weighted by Gasteiger charge is 2.16. The molecule has 1 aromatic carbocycles. The van der Waals surface area contributed by atoms with Gasteiger partial charge in [-0.2, -0.15) is 0 Å². The largest absolute Gasteiger partial charge is 0.494 e. The second-order valence-electron chi connectivity index (χ2n) is 3.12. The zero-order valence-corrected chi connectivity index (χ0v) is 8.42. The van der Waals surface area contributed by atoms with Gasteiger partial charge >= 0.3 is 5.97 Å². The summed E-state index contributed by atoms with van der Waals surface area (Å²) in [6.07, 6.45) is 0. The zero-order chi connectivity index (χ0) is 10.9.